The predicted molar refractivity (Wildman–Crippen MR) is 107 cm³/mol. The van der Waals surface area contributed by atoms with Crippen molar-refractivity contribution in [3.63, 3.8) is 0 Å². The summed E-state index contributed by atoms with van der Waals surface area (Å²) in [6, 6.07) is 7.02. The fraction of sp³-hybridized carbons (Fsp3) is 0.500. The summed E-state index contributed by atoms with van der Waals surface area (Å²) >= 11 is 6.29. The van der Waals surface area contributed by atoms with Gasteiger partial charge in [-0.15, -0.1) is 5.10 Å². The summed E-state index contributed by atoms with van der Waals surface area (Å²) in [6.45, 7) is 1.23. The molecule has 2 aromatic rings. The van der Waals surface area contributed by atoms with E-state index in [9.17, 15) is 4.79 Å². The minimum absolute atomic E-state index is 0.0484. The van der Waals surface area contributed by atoms with Gasteiger partial charge in [-0.3, -0.25) is 0 Å². The average molecular weight is 405 g/mol. The molecule has 150 valence electrons. The van der Waals surface area contributed by atoms with Gasteiger partial charge in [-0.1, -0.05) is 11.6 Å². The fourth-order valence-corrected chi connectivity index (χ4v) is 3.94. The maximum absolute atomic E-state index is 12.4. The van der Waals surface area contributed by atoms with E-state index in [1.165, 1.54) is 17.5 Å². The lowest BCUT2D eigenvalue weighted by Gasteiger charge is -2.32. The predicted octanol–water partition coefficient (Wildman–Crippen LogP) is 3.95. The number of benzene rings is 1. The second-order valence-electron chi connectivity index (χ2n) is 7.39. The quantitative estimate of drug-likeness (QED) is 0.834. The van der Waals surface area contributed by atoms with E-state index in [1.54, 1.807) is 17.2 Å². The van der Waals surface area contributed by atoms with Crippen LogP contribution >= 0.6 is 11.6 Å². The molecule has 0 bridgehead atoms. The first kappa shape index (κ1) is 18.9. The van der Waals surface area contributed by atoms with Crippen LogP contribution in [0.3, 0.4) is 0 Å². The molecule has 7 nitrogen and oxygen atoms in total. The summed E-state index contributed by atoms with van der Waals surface area (Å²) < 4.78 is 13.5. The van der Waals surface area contributed by atoms with Gasteiger partial charge in [0.25, 0.3) is 0 Å². The van der Waals surface area contributed by atoms with Crippen LogP contribution in [0.25, 0.3) is 0 Å². The molecule has 1 aliphatic heterocycles. The summed E-state index contributed by atoms with van der Waals surface area (Å²) in [6.07, 6.45) is 7.96. The second-order valence-corrected chi connectivity index (χ2v) is 7.80. The van der Waals surface area contributed by atoms with E-state index in [-0.39, 0.29) is 18.2 Å². The molecule has 2 fully saturated rings. The topological polar surface area (TPSA) is 82.6 Å². The minimum atomic E-state index is -0.158. The van der Waals surface area contributed by atoms with Gasteiger partial charge in [0.05, 0.1) is 11.1 Å². The van der Waals surface area contributed by atoms with E-state index >= 15 is 0 Å². The lowest BCUT2D eigenvalue weighted by Crippen LogP contribution is -2.43. The first-order valence-electron chi connectivity index (χ1n) is 9.82. The number of likely N-dealkylation sites (tertiary alicyclic amines) is 1. The molecule has 2 heterocycles. The Hall–Kier alpha value is -2.41. The van der Waals surface area contributed by atoms with Crippen molar-refractivity contribution >= 4 is 23.4 Å². The summed E-state index contributed by atoms with van der Waals surface area (Å²) in [5.41, 5.74) is 5.59. The van der Waals surface area contributed by atoms with E-state index in [1.807, 2.05) is 18.2 Å². The van der Waals surface area contributed by atoms with Crippen LogP contribution in [-0.4, -0.2) is 46.0 Å². The third kappa shape index (κ3) is 4.35. The van der Waals surface area contributed by atoms with Gasteiger partial charge in [0.15, 0.2) is 0 Å². The highest BCUT2D eigenvalue weighted by atomic mass is 35.5. The van der Waals surface area contributed by atoms with Crippen LogP contribution in [0.1, 0.15) is 38.5 Å². The molecule has 1 amide bonds. The summed E-state index contributed by atoms with van der Waals surface area (Å²) in [7, 11) is 0. The average Bonchev–Trinajstić information content (AvgIpc) is 3.36. The Bertz CT molecular complexity index is 827. The number of piperidine rings is 1. The van der Waals surface area contributed by atoms with Gasteiger partial charge >= 0.3 is 6.03 Å². The van der Waals surface area contributed by atoms with Crippen molar-refractivity contribution in [2.24, 2.45) is 0 Å². The molecule has 1 saturated carbocycles. The Kier molecular flexibility index (Phi) is 5.62. The van der Waals surface area contributed by atoms with Crippen LogP contribution in [0, 0.1) is 0 Å². The highest BCUT2D eigenvalue weighted by molar-refractivity contribution is 6.32. The molecule has 0 radical (unpaired) electrons. The highest BCUT2D eigenvalue weighted by Gasteiger charge is 2.26. The molecule has 28 heavy (non-hydrogen) atoms. The zero-order valence-corrected chi connectivity index (χ0v) is 16.5. The maximum atomic E-state index is 12.4. The number of nitrogens with zero attached hydrogens (tertiary/aromatic N) is 3. The first-order valence-corrected chi connectivity index (χ1v) is 10.2. The van der Waals surface area contributed by atoms with E-state index in [2.05, 4.69) is 5.10 Å². The van der Waals surface area contributed by atoms with Gasteiger partial charge in [-0.2, -0.15) is 4.68 Å². The fourth-order valence-electron chi connectivity index (χ4n) is 3.78. The number of ether oxygens (including phenoxy) is 2. The van der Waals surface area contributed by atoms with Crippen molar-refractivity contribution in [2.75, 3.05) is 18.8 Å². The van der Waals surface area contributed by atoms with Gasteiger partial charge in [-0.25, -0.2) is 4.79 Å². The van der Waals surface area contributed by atoms with Crippen LogP contribution in [0.15, 0.2) is 30.5 Å². The van der Waals surface area contributed by atoms with Crippen molar-refractivity contribution in [3.05, 3.63) is 35.5 Å². The molecule has 1 aromatic heterocycles. The van der Waals surface area contributed by atoms with Gasteiger partial charge < -0.3 is 20.1 Å². The third-order valence-corrected chi connectivity index (χ3v) is 5.63. The largest absolute Gasteiger partial charge is 0.490 e. The molecule has 2 N–H and O–H groups in total. The highest BCUT2D eigenvalue weighted by Crippen LogP contribution is 2.33. The summed E-state index contributed by atoms with van der Waals surface area (Å²) in [5.74, 6) is 1.78. The van der Waals surface area contributed by atoms with Gasteiger partial charge in [-0.05, 0) is 37.8 Å². The standard InChI is InChI=1S/C20H25ClN4O3/c21-17-6-5-16(13-18(17)28-14-3-1-2-4-14)27-15-7-10-24(11-8-15)20(26)25-12-9-19(22)23-25/h5-6,9,12-15H,1-4,7-8,10-11H2,(H2,22,23). The van der Waals surface area contributed by atoms with Crippen molar-refractivity contribution < 1.29 is 14.3 Å². The molecule has 1 aromatic carbocycles. The number of nitrogen functional groups attached to an aromatic ring is 1. The molecule has 0 atom stereocenters. The number of halogens is 1. The molecular formula is C20H25ClN4O3. The zero-order valence-electron chi connectivity index (χ0n) is 15.7. The molecule has 8 heteroatoms. The van der Waals surface area contributed by atoms with Crippen LogP contribution < -0.4 is 15.2 Å². The summed E-state index contributed by atoms with van der Waals surface area (Å²) in [4.78, 5) is 14.2. The number of anilines is 1. The molecular weight excluding hydrogens is 380 g/mol. The van der Waals surface area contributed by atoms with Crippen molar-refractivity contribution in [3.8, 4) is 11.5 Å². The number of amides is 1. The van der Waals surface area contributed by atoms with E-state index < -0.39 is 0 Å². The van der Waals surface area contributed by atoms with Crippen LogP contribution in [0.5, 0.6) is 11.5 Å². The number of nitrogens with two attached hydrogens (primary N) is 1. The Morgan fingerprint density at radius 1 is 1.07 bits per heavy atom. The second kappa shape index (κ2) is 8.31. The molecule has 0 unspecified atom stereocenters. The van der Waals surface area contributed by atoms with Crippen LogP contribution in [-0.2, 0) is 0 Å². The zero-order chi connectivity index (χ0) is 19.5. The SMILES string of the molecule is Nc1ccn(C(=O)N2CCC(Oc3ccc(Cl)c(OC4CCCC4)c3)CC2)n1. The van der Waals surface area contributed by atoms with Gasteiger partial charge in [0.2, 0.25) is 0 Å². The van der Waals surface area contributed by atoms with Crippen LogP contribution in [0.2, 0.25) is 5.02 Å². The lowest BCUT2D eigenvalue weighted by atomic mass is 10.1. The number of aromatic nitrogens is 2. The Morgan fingerprint density at radius 3 is 2.46 bits per heavy atom. The smallest absolute Gasteiger partial charge is 0.344 e. The maximum Gasteiger partial charge on any atom is 0.344 e. The Labute approximate surface area is 169 Å². The van der Waals surface area contributed by atoms with Gasteiger partial charge in [0, 0.05) is 44.3 Å². The number of hydrogen-bond acceptors (Lipinski definition) is 5. The minimum Gasteiger partial charge on any atom is -0.490 e. The van der Waals surface area contributed by atoms with Crippen molar-refractivity contribution in [2.45, 2.75) is 50.7 Å². The normalized spacial score (nSPS) is 18.4. The first-order chi connectivity index (χ1) is 13.6. The Balaban J connectivity index is 1.32. The van der Waals surface area contributed by atoms with Crippen molar-refractivity contribution in [1.82, 2.24) is 14.7 Å². The van der Waals surface area contributed by atoms with Gasteiger partial charge in [0.1, 0.15) is 23.4 Å². The van der Waals surface area contributed by atoms with E-state index in [0.29, 0.717) is 29.7 Å². The molecule has 1 saturated heterocycles. The lowest BCUT2D eigenvalue weighted by molar-refractivity contribution is 0.110. The Morgan fingerprint density at radius 2 is 1.79 bits per heavy atom. The number of carbonyl (C=O) groups is 1. The van der Waals surface area contributed by atoms with Crippen molar-refractivity contribution in [1.29, 1.82) is 0 Å². The van der Waals surface area contributed by atoms with Crippen LogP contribution in [0.4, 0.5) is 10.6 Å². The monoisotopic (exact) mass is 404 g/mol. The number of carbonyl (C=O) groups excluding carboxylic acids is 1. The summed E-state index contributed by atoms with van der Waals surface area (Å²) in [5, 5.41) is 4.59. The molecule has 1 aliphatic carbocycles. The number of rotatable bonds is 4. The molecule has 2 aliphatic rings. The molecule has 4 rings (SSSR count). The third-order valence-electron chi connectivity index (χ3n) is 5.32. The van der Waals surface area contributed by atoms with E-state index in [4.69, 9.17) is 26.8 Å². The number of hydrogen-bond donors (Lipinski definition) is 1. The van der Waals surface area contributed by atoms with E-state index in [0.717, 1.165) is 31.4 Å². The molecule has 0 spiro atoms.